The molecule has 1 unspecified atom stereocenters. The zero-order valence-corrected chi connectivity index (χ0v) is 19.8. The van der Waals surface area contributed by atoms with Crippen molar-refractivity contribution in [3.63, 3.8) is 0 Å². The van der Waals surface area contributed by atoms with E-state index in [2.05, 4.69) is 24.1 Å². The number of hydrogen-bond acceptors (Lipinski definition) is 4. The molecule has 4 nitrogen and oxygen atoms in total. The zero-order valence-electron chi connectivity index (χ0n) is 18.2. The van der Waals surface area contributed by atoms with Crippen LogP contribution >= 0.6 is 22.9 Å². The summed E-state index contributed by atoms with van der Waals surface area (Å²) in [6.45, 7) is 6.44. The van der Waals surface area contributed by atoms with Gasteiger partial charge in [-0.3, -0.25) is 9.69 Å². The zero-order chi connectivity index (χ0) is 22.5. The van der Waals surface area contributed by atoms with Crippen molar-refractivity contribution in [2.24, 2.45) is 0 Å². The van der Waals surface area contributed by atoms with Crippen molar-refractivity contribution < 1.29 is 4.79 Å². The van der Waals surface area contributed by atoms with Crippen LogP contribution in [0.3, 0.4) is 0 Å². The highest BCUT2D eigenvalue weighted by atomic mass is 35.5. The van der Waals surface area contributed by atoms with Gasteiger partial charge in [0.1, 0.15) is 0 Å². The standard InChI is InChI=1S/C26H26ClN3OS/c1-3-30(4-2)24(19-11-5-7-12-21(19)27)17-28-26(31)20-16-23(25-14-9-15-32-25)29-22-13-8-6-10-18(20)22/h5-16,24H,3-4,17H2,1-2H3,(H,28,31). The van der Waals surface area contributed by atoms with E-state index in [1.807, 2.05) is 72.1 Å². The molecule has 2 aromatic carbocycles. The molecule has 0 radical (unpaired) electrons. The van der Waals surface area contributed by atoms with E-state index >= 15 is 0 Å². The number of amides is 1. The molecule has 0 fully saturated rings. The van der Waals surface area contributed by atoms with Crippen LogP contribution in [0.4, 0.5) is 0 Å². The fourth-order valence-electron chi connectivity index (χ4n) is 4.04. The van der Waals surface area contributed by atoms with Crippen molar-refractivity contribution in [3.8, 4) is 10.6 Å². The second kappa shape index (κ2) is 10.3. The van der Waals surface area contributed by atoms with Crippen LogP contribution in [0, 0.1) is 0 Å². The van der Waals surface area contributed by atoms with E-state index in [1.54, 1.807) is 11.3 Å². The molecule has 32 heavy (non-hydrogen) atoms. The first-order valence-corrected chi connectivity index (χ1v) is 12.1. The summed E-state index contributed by atoms with van der Waals surface area (Å²) in [5, 5.41) is 6.76. The first kappa shape index (κ1) is 22.5. The van der Waals surface area contributed by atoms with Gasteiger partial charge < -0.3 is 5.32 Å². The number of pyridine rings is 1. The highest BCUT2D eigenvalue weighted by molar-refractivity contribution is 7.13. The Morgan fingerprint density at radius 1 is 1.06 bits per heavy atom. The quantitative estimate of drug-likeness (QED) is 0.327. The number of benzene rings is 2. The van der Waals surface area contributed by atoms with E-state index in [1.165, 1.54) is 0 Å². The van der Waals surface area contributed by atoms with Crippen LogP contribution in [-0.2, 0) is 0 Å². The van der Waals surface area contributed by atoms with Crippen molar-refractivity contribution >= 4 is 39.7 Å². The van der Waals surface area contributed by atoms with Crippen molar-refractivity contribution in [1.82, 2.24) is 15.2 Å². The molecule has 1 N–H and O–H groups in total. The second-order valence-electron chi connectivity index (χ2n) is 7.52. The third-order valence-electron chi connectivity index (χ3n) is 5.71. The molecule has 0 spiro atoms. The van der Waals surface area contributed by atoms with Crippen molar-refractivity contribution in [1.29, 1.82) is 0 Å². The van der Waals surface area contributed by atoms with Gasteiger partial charge in [0.2, 0.25) is 0 Å². The van der Waals surface area contributed by atoms with E-state index < -0.39 is 0 Å². The van der Waals surface area contributed by atoms with Crippen LogP contribution in [0.1, 0.15) is 35.8 Å². The fraction of sp³-hybridized carbons (Fsp3) is 0.231. The summed E-state index contributed by atoms with van der Waals surface area (Å²) in [5.41, 5.74) is 3.29. The van der Waals surface area contributed by atoms with Gasteiger partial charge in [-0.25, -0.2) is 4.98 Å². The van der Waals surface area contributed by atoms with Crippen molar-refractivity contribution in [2.75, 3.05) is 19.6 Å². The summed E-state index contributed by atoms with van der Waals surface area (Å²) in [5.74, 6) is -0.106. The lowest BCUT2D eigenvalue weighted by Crippen LogP contribution is -2.38. The molecular formula is C26H26ClN3OS. The van der Waals surface area contributed by atoms with Gasteiger partial charge in [-0.1, -0.05) is 67.9 Å². The smallest absolute Gasteiger partial charge is 0.252 e. The van der Waals surface area contributed by atoms with Crippen molar-refractivity contribution in [2.45, 2.75) is 19.9 Å². The Morgan fingerprint density at radius 3 is 2.53 bits per heavy atom. The molecule has 4 aromatic rings. The Kier molecular flexibility index (Phi) is 7.20. The molecule has 2 aromatic heterocycles. The monoisotopic (exact) mass is 463 g/mol. The molecule has 0 bridgehead atoms. The fourth-order valence-corrected chi connectivity index (χ4v) is 4.99. The Balaban J connectivity index is 1.66. The molecule has 2 heterocycles. The summed E-state index contributed by atoms with van der Waals surface area (Å²) in [4.78, 5) is 21.5. The highest BCUT2D eigenvalue weighted by Gasteiger charge is 2.22. The number of rotatable bonds is 8. The average molecular weight is 464 g/mol. The minimum Gasteiger partial charge on any atom is -0.350 e. The van der Waals surface area contributed by atoms with Gasteiger partial charge in [-0.15, -0.1) is 11.3 Å². The van der Waals surface area contributed by atoms with E-state index in [-0.39, 0.29) is 11.9 Å². The minimum absolute atomic E-state index is 0.00693. The Morgan fingerprint density at radius 2 is 1.81 bits per heavy atom. The summed E-state index contributed by atoms with van der Waals surface area (Å²) in [7, 11) is 0. The van der Waals surface area contributed by atoms with Gasteiger partial charge in [-0.05, 0) is 48.3 Å². The lowest BCUT2D eigenvalue weighted by molar-refractivity contribution is 0.0936. The molecule has 6 heteroatoms. The van der Waals surface area contributed by atoms with E-state index in [0.717, 1.165) is 40.1 Å². The number of nitrogens with one attached hydrogen (secondary N) is 1. The van der Waals surface area contributed by atoms with Gasteiger partial charge in [0.25, 0.3) is 5.91 Å². The average Bonchev–Trinajstić information content (AvgIpc) is 3.36. The molecule has 0 aliphatic carbocycles. The Hall–Kier alpha value is -2.73. The maximum absolute atomic E-state index is 13.4. The number of carbonyl (C=O) groups is 1. The van der Waals surface area contributed by atoms with Gasteiger partial charge in [0, 0.05) is 17.0 Å². The second-order valence-corrected chi connectivity index (χ2v) is 8.87. The van der Waals surface area contributed by atoms with Crippen LogP contribution < -0.4 is 5.32 Å². The molecule has 1 atom stereocenters. The first-order chi connectivity index (χ1) is 15.6. The van der Waals surface area contributed by atoms with Gasteiger partial charge >= 0.3 is 0 Å². The molecular weight excluding hydrogens is 438 g/mol. The predicted molar refractivity (Wildman–Crippen MR) is 135 cm³/mol. The molecule has 164 valence electrons. The number of thiophene rings is 1. The summed E-state index contributed by atoms with van der Waals surface area (Å²) in [6.07, 6.45) is 0. The molecule has 0 saturated heterocycles. The Bertz CT molecular complexity index is 1200. The lowest BCUT2D eigenvalue weighted by Gasteiger charge is -2.31. The first-order valence-electron chi connectivity index (χ1n) is 10.8. The number of para-hydroxylation sites is 1. The highest BCUT2D eigenvalue weighted by Crippen LogP contribution is 2.29. The van der Waals surface area contributed by atoms with Crippen LogP contribution in [0.25, 0.3) is 21.5 Å². The predicted octanol–water partition coefficient (Wildman–Crippen LogP) is 6.43. The van der Waals surface area contributed by atoms with Crippen LogP contribution in [0.2, 0.25) is 5.02 Å². The third kappa shape index (κ3) is 4.70. The molecule has 0 aliphatic rings. The largest absolute Gasteiger partial charge is 0.350 e. The topological polar surface area (TPSA) is 45.2 Å². The number of halogens is 1. The molecule has 4 rings (SSSR count). The third-order valence-corrected chi connectivity index (χ3v) is 6.94. The Labute approximate surface area is 197 Å². The molecule has 0 saturated carbocycles. The van der Waals surface area contributed by atoms with Gasteiger partial charge in [0.15, 0.2) is 0 Å². The number of hydrogen-bond donors (Lipinski definition) is 1. The van der Waals surface area contributed by atoms with Crippen LogP contribution in [-0.4, -0.2) is 35.4 Å². The van der Waals surface area contributed by atoms with Gasteiger partial charge in [-0.2, -0.15) is 0 Å². The number of fused-ring (bicyclic) bond motifs is 1. The minimum atomic E-state index is -0.106. The summed E-state index contributed by atoms with van der Waals surface area (Å²) >= 11 is 8.14. The number of carbonyl (C=O) groups excluding carboxylic acids is 1. The summed E-state index contributed by atoms with van der Waals surface area (Å²) in [6, 6.07) is 21.5. The maximum atomic E-state index is 13.4. The van der Waals surface area contributed by atoms with E-state index in [4.69, 9.17) is 16.6 Å². The van der Waals surface area contributed by atoms with Crippen LogP contribution in [0.5, 0.6) is 0 Å². The lowest BCUT2D eigenvalue weighted by atomic mass is 10.0. The van der Waals surface area contributed by atoms with Gasteiger partial charge in [0.05, 0.1) is 27.7 Å². The molecule has 1 amide bonds. The van der Waals surface area contributed by atoms with Crippen molar-refractivity contribution in [3.05, 3.63) is 88.3 Å². The maximum Gasteiger partial charge on any atom is 0.252 e. The number of likely N-dealkylation sites (N-methyl/N-ethyl adjacent to an activating group) is 1. The van der Waals surface area contributed by atoms with E-state index in [0.29, 0.717) is 17.1 Å². The number of aromatic nitrogens is 1. The molecule has 0 aliphatic heterocycles. The SMILES string of the molecule is CCN(CC)C(CNC(=O)c1cc(-c2cccs2)nc2ccccc12)c1ccccc1Cl. The summed E-state index contributed by atoms with van der Waals surface area (Å²) < 4.78 is 0. The van der Waals surface area contributed by atoms with Crippen LogP contribution in [0.15, 0.2) is 72.1 Å². The van der Waals surface area contributed by atoms with E-state index in [9.17, 15) is 4.79 Å². The number of nitrogens with zero attached hydrogens (tertiary/aromatic N) is 2. The normalized spacial score (nSPS) is 12.2.